The van der Waals surface area contributed by atoms with E-state index < -0.39 is 0 Å². The monoisotopic (exact) mass is 281 g/mol. The Labute approximate surface area is 122 Å². The van der Waals surface area contributed by atoms with Crippen molar-refractivity contribution in [1.82, 2.24) is 25.0 Å². The third-order valence-corrected chi connectivity index (χ3v) is 2.96. The lowest BCUT2D eigenvalue weighted by Gasteiger charge is -2.08. The first kappa shape index (κ1) is 13.2. The Kier molecular flexibility index (Phi) is 3.59. The van der Waals surface area contributed by atoms with Crippen molar-refractivity contribution in [1.29, 1.82) is 0 Å². The summed E-state index contributed by atoms with van der Waals surface area (Å²) in [6.45, 7) is 3.91. The van der Waals surface area contributed by atoms with E-state index in [1.54, 1.807) is 17.1 Å². The molecular weight excluding hydrogens is 266 g/mol. The van der Waals surface area contributed by atoms with Gasteiger partial charge in [-0.1, -0.05) is 18.2 Å². The van der Waals surface area contributed by atoms with Crippen molar-refractivity contribution in [2.75, 3.05) is 0 Å². The normalized spacial score (nSPS) is 10.6. The molecule has 106 valence electrons. The molecule has 0 N–H and O–H groups in total. The molecule has 6 nitrogen and oxygen atoms in total. The van der Waals surface area contributed by atoms with Crippen LogP contribution in [-0.4, -0.2) is 25.0 Å². The van der Waals surface area contributed by atoms with E-state index in [1.165, 1.54) is 0 Å². The van der Waals surface area contributed by atoms with E-state index in [-0.39, 0.29) is 0 Å². The molecule has 0 radical (unpaired) electrons. The van der Waals surface area contributed by atoms with Gasteiger partial charge in [0.1, 0.15) is 11.6 Å². The van der Waals surface area contributed by atoms with Gasteiger partial charge in [-0.2, -0.15) is 4.98 Å². The van der Waals surface area contributed by atoms with Crippen LogP contribution in [0.3, 0.4) is 0 Å². The summed E-state index contributed by atoms with van der Waals surface area (Å²) in [6, 6.07) is 9.46. The summed E-state index contributed by atoms with van der Waals surface area (Å²) >= 11 is 0. The summed E-state index contributed by atoms with van der Waals surface area (Å²) < 4.78 is 7.50. The molecule has 0 saturated carbocycles. The quantitative estimate of drug-likeness (QED) is 0.735. The fourth-order valence-electron chi connectivity index (χ4n) is 1.99. The maximum absolute atomic E-state index is 5.83. The Hall–Kier alpha value is -2.76. The first-order valence-corrected chi connectivity index (χ1v) is 6.74. The van der Waals surface area contributed by atoms with Crippen LogP contribution in [0.1, 0.15) is 18.4 Å². The van der Waals surface area contributed by atoms with E-state index in [4.69, 9.17) is 4.74 Å². The lowest BCUT2D eigenvalue weighted by atomic mass is 10.3. The zero-order valence-corrected chi connectivity index (χ0v) is 11.9. The highest BCUT2D eigenvalue weighted by atomic mass is 16.5. The number of aromatic nitrogens is 5. The van der Waals surface area contributed by atoms with Gasteiger partial charge in [0.05, 0.1) is 18.1 Å². The minimum atomic E-state index is 0.551. The van der Waals surface area contributed by atoms with Gasteiger partial charge in [0.15, 0.2) is 0 Å². The summed E-state index contributed by atoms with van der Waals surface area (Å²) in [5.41, 5.74) is 1.84. The van der Waals surface area contributed by atoms with Gasteiger partial charge in [0, 0.05) is 17.8 Å². The van der Waals surface area contributed by atoms with Crippen molar-refractivity contribution in [3.63, 3.8) is 0 Å². The molecule has 3 rings (SSSR count). The van der Waals surface area contributed by atoms with Crippen LogP contribution in [0.5, 0.6) is 11.6 Å². The number of hydrogen-bond donors (Lipinski definition) is 0. The number of hydrogen-bond acceptors (Lipinski definition) is 5. The molecular formula is C15H15N5O. The maximum Gasteiger partial charge on any atom is 0.222 e. The van der Waals surface area contributed by atoms with Crippen LogP contribution in [0, 0.1) is 6.92 Å². The smallest absolute Gasteiger partial charge is 0.222 e. The topological polar surface area (TPSA) is 65.7 Å². The third-order valence-electron chi connectivity index (χ3n) is 2.96. The molecule has 0 saturated heterocycles. The minimum absolute atomic E-state index is 0.551. The fourth-order valence-corrected chi connectivity index (χ4v) is 1.99. The molecule has 1 aromatic carbocycles. The second kappa shape index (κ2) is 5.70. The van der Waals surface area contributed by atoms with Crippen molar-refractivity contribution in [2.45, 2.75) is 20.3 Å². The summed E-state index contributed by atoms with van der Waals surface area (Å²) in [5, 5.41) is 7.76. The Balaban J connectivity index is 1.88. The molecule has 0 aliphatic rings. The standard InChI is InChI=1S/C15H15N5O/c1-3-12-9-15(18-11(2)17-12)21-14-6-4-5-13(10-14)20-8-7-16-19-20/h4-10H,3H2,1-2H3. The second-order valence-electron chi connectivity index (χ2n) is 4.55. The molecule has 0 aliphatic carbocycles. The molecule has 0 spiro atoms. The van der Waals surface area contributed by atoms with Crippen LogP contribution in [-0.2, 0) is 6.42 Å². The molecule has 0 atom stereocenters. The molecule has 21 heavy (non-hydrogen) atoms. The van der Waals surface area contributed by atoms with Gasteiger partial charge in [0.2, 0.25) is 5.88 Å². The van der Waals surface area contributed by atoms with Crippen LogP contribution >= 0.6 is 0 Å². The summed E-state index contributed by atoms with van der Waals surface area (Å²) in [4.78, 5) is 8.64. The highest BCUT2D eigenvalue weighted by Gasteiger charge is 2.05. The van der Waals surface area contributed by atoms with E-state index >= 15 is 0 Å². The Morgan fingerprint density at radius 3 is 2.86 bits per heavy atom. The van der Waals surface area contributed by atoms with Gasteiger partial charge in [-0.15, -0.1) is 5.10 Å². The first-order valence-electron chi connectivity index (χ1n) is 6.74. The molecule has 0 bridgehead atoms. The molecule has 6 heteroatoms. The van der Waals surface area contributed by atoms with Gasteiger partial charge >= 0.3 is 0 Å². The number of nitrogens with zero attached hydrogens (tertiary/aromatic N) is 5. The average molecular weight is 281 g/mol. The van der Waals surface area contributed by atoms with Crippen LogP contribution < -0.4 is 4.74 Å². The molecule has 0 fully saturated rings. The zero-order valence-electron chi connectivity index (χ0n) is 11.9. The molecule has 0 aliphatic heterocycles. The largest absolute Gasteiger partial charge is 0.439 e. The summed E-state index contributed by atoms with van der Waals surface area (Å²) in [7, 11) is 0. The van der Waals surface area contributed by atoms with Crippen molar-refractivity contribution in [3.8, 4) is 17.3 Å². The Morgan fingerprint density at radius 1 is 1.19 bits per heavy atom. The summed E-state index contributed by atoms with van der Waals surface area (Å²) in [6.07, 6.45) is 4.26. The highest BCUT2D eigenvalue weighted by Crippen LogP contribution is 2.22. The maximum atomic E-state index is 5.83. The average Bonchev–Trinajstić information content (AvgIpc) is 3.01. The van der Waals surface area contributed by atoms with Crippen LogP contribution in [0.15, 0.2) is 42.7 Å². The Bertz CT molecular complexity index is 740. The van der Waals surface area contributed by atoms with Crippen LogP contribution in [0.4, 0.5) is 0 Å². The lowest BCUT2D eigenvalue weighted by molar-refractivity contribution is 0.458. The molecule has 0 unspecified atom stereocenters. The first-order chi connectivity index (χ1) is 10.2. The van der Waals surface area contributed by atoms with Crippen molar-refractivity contribution in [3.05, 3.63) is 54.2 Å². The van der Waals surface area contributed by atoms with Gasteiger partial charge < -0.3 is 4.74 Å². The van der Waals surface area contributed by atoms with E-state index in [9.17, 15) is 0 Å². The van der Waals surface area contributed by atoms with E-state index in [2.05, 4.69) is 27.2 Å². The van der Waals surface area contributed by atoms with Gasteiger partial charge in [-0.05, 0) is 25.5 Å². The molecule has 2 heterocycles. The molecule has 2 aromatic heterocycles. The zero-order chi connectivity index (χ0) is 14.7. The van der Waals surface area contributed by atoms with Crippen LogP contribution in [0.25, 0.3) is 5.69 Å². The molecule has 3 aromatic rings. The number of benzene rings is 1. The van der Waals surface area contributed by atoms with Gasteiger partial charge in [-0.3, -0.25) is 0 Å². The van der Waals surface area contributed by atoms with E-state index in [0.717, 1.165) is 17.8 Å². The minimum Gasteiger partial charge on any atom is -0.439 e. The second-order valence-corrected chi connectivity index (χ2v) is 4.55. The van der Waals surface area contributed by atoms with E-state index in [0.29, 0.717) is 17.5 Å². The van der Waals surface area contributed by atoms with Gasteiger partial charge in [0.25, 0.3) is 0 Å². The van der Waals surface area contributed by atoms with Crippen LogP contribution in [0.2, 0.25) is 0 Å². The fraction of sp³-hybridized carbons (Fsp3) is 0.200. The predicted octanol–water partition coefficient (Wildman–Crippen LogP) is 2.72. The number of rotatable bonds is 4. The summed E-state index contributed by atoms with van der Waals surface area (Å²) in [5.74, 6) is 1.95. The SMILES string of the molecule is CCc1cc(Oc2cccc(-n3ccnn3)c2)nc(C)n1. The Morgan fingerprint density at radius 2 is 2.10 bits per heavy atom. The van der Waals surface area contributed by atoms with Gasteiger partial charge in [-0.25, -0.2) is 9.67 Å². The van der Waals surface area contributed by atoms with Crippen molar-refractivity contribution < 1.29 is 4.74 Å². The van der Waals surface area contributed by atoms with E-state index in [1.807, 2.05) is 37.3 Å². The predicted molar refractivity (Wildman–Crippen MR) is 77.6 cm³/mol. The molecule has 0 amide bonds. The lowest BCUT2D eigenvalue weighted by Crippen LogP contribution is -1.98. The third kappa shape index (κ3) is 3.05. The van der Waals surface area contributed by atoms with Crippen molar-refractivity contribution in [2.24, 2.45) is 0 Å². The van der Waals surface area contributed by atoms with Crippen molar-refractivity contribution >= 4 is 0 Å². The highest BCUT2D eigenvalue weighted by molar-refractivity contribution is 5.39. The number of aryl methyl sites for hydroxylation is 2. The number of ether oxygens (including phenoxy) is 1.